The van der Waals surface area contributed by atoms with Crippen molar-refractivity contribution in [3.63, 3.8) is 0 Å². The molecule has 4 unspecified atom stereocenters. The van der Waals surface area contributed by atoms with E-state index < -0.39 is 0 Å². The van der Waals surface area contributed by atoms with Crippen molar-refractivity contribution in [2.75, 3.05) is 6.54 Å². The van der Waals surface area contributed by atoms with Crippen molar-refractivity contribution in [2.24, 2.45) is 11.8 Å². The number of hydrogen-bond donors (Lipinski definition) is 1. The van der Waals surface area contributed by atoms with Crippen LogP contribution in [0.2, 0.25) is 5.02 Å². The van der Waals surface area contributed by atoms with Gasteiger partial charge in [-0.25, -0.2) is 0 Å². The van der Waals surface area contributed by atoms with Crippen LogP contribution in [0.3, 0.4) is 0 Å². The Balaban J connectivity index is 1.73. The van der Waals surface area contributed by atoms with Gasteiger partial charge in [-0.15, -0.1) is 0 Å². The van der Waals surface area contributed by atoms with E-state index >= 15 is 0 Å². The summed E-state index contributed by atoms with van der Waals surface area (Å²) in [5.74, 6) is 0.787. The van der Waals surface area contributed by atoms with Gasteiger partial charge >= 0.3 is 0 Å². The molecule has 0 radical (unpaired) electrons. The number of amides is 2. The highest BCUT2D eigenvalue weighted by Gasteiger charge is 2.49. The molecule has 26 heavy (non-hydrogen) atoms. The first kappa shape index (κ1) is 19.2. The summed E-state index contributed by atoms with van der Waals surface area (Å²) in [6.45, 7) is 6.94. The molecule has 5 heteroatoms. The Morgan fingerprint density at radius 2 is 2.00 bits per heavy atom. The van der Waals surface area contributed by atoms with E-state index in [4.69, 9.17) is 11.6 Å². The third-order valence-electron chi connectivity index (χ3n) is 5.46. The average Bonchev–Trinajstić information content (AvgIpc) is 3.38. The first-order valence-electron chi connectivity index (χ1n) is 9.77. The van der Waals surface area contributed by atoms with Crippen LogP contribution in [0.1, 0.15) is 57.9 Å². The lowest BCUT2D eigenvalue weighted by Crippen LogP contribution is -2.62. The largest absolute Gasteiger partial charge is 0.350 e. The molecule has 0 spiro atoms. The first-order chi connectivity index (χ1) is 12.4. The Kier molecular flexibility index (Phi) is 5.91. The van der Waals surface area contributed by atoms with Crippen molar-refractivity contribution in [2.45, 2.75) is 64.5 Å². The van der Waals surface area contributed by atoms with Gasteiger partial charge in [0.05, 0.1) is 0 Å². The summed E-state index contributed by atoms with van der Waals surface area (Å²) in [5.41, 5.74) is 1.17. The maximum atomic E-state index is 13.2. The van der Waals surface area contributed by atoms with Crippen molar-refractivity contribution in [3.8, 4) is 0 Å². The maximum absolute atomic E-state index is 13.2. The lowest BCUT2D eigenvalue weighted by molar-refractivity contribution is -0.146. The third-order valence-corrected chi connectivity index (χ3v) is 5.71. The molecule has 3 rings (SSSR count). The van der Waals surface area contributed by atoms with Crippen LogP contribution in [-0.2, 0) is 9.59 Å². The normalized spacial score (nSPS) is 28.2. The summed E-state index contributed by atoms with van der Waals surface area (Å²) in [7, 11) is 0. The molecular weight excluding hydrogens is 348 g/mol. The van der Waals surface area contributed by atoms with Crippen molar-refractivity contribution in [1.29, 1.82) is 0 Å². The molecule has 4 nitrogen and oxygen atoms in total. The van der Waals surface area contributed by atoms with E-state index in [9.17, 15) is 9.59 Å². The number of halogens is 1. The molecule has 2 amide bonds. The van der Waals surface area contributed by atoms with Gasteiger partial charge in [0.2, 0.25) is 11.8 Å². The number of carbonyl (C=O) groups excluding carboxylic acids is 2. The zero-order chi connectivity index (χ0) is 18.8. The molecule has 1 heterocycles. The summed E-state index contributed by atoms with van der Waals surface area (Å²) in [6, 6.07) is 7.52. The molecule has 1 saturated heterocycles. The average molecular weight is 377 g/mol. The molecule has 1 aliphatic carbocycles. The number of hydrogen-bond acceptors (Lipinski definition) is 2. The van der Waals surface area contributed by atoms with Gasteiger partial charge in [-0.2, -0.15) is 0 Å². The van der Waals surface area contributed by atoms with Crippen LogP contribution >= 0.6 is 11.6 Å². The number of benzene rings is 1. The predicted molar refractivity (Wildman–Crippen MR) is 104 cm³/mol. The fourth-order valence-corrected chi connectivity index (χ4v) is 4.17. The number of rotatable bonds is 6. The standard InChI is InChI=1S/C21H29ClN2O2/c1-4-5-16-12-24(19(10-13(2)3)20(25)23-16)21(26)18-11-17(18)14-6-8-15(22)9-7-14/h6-9,13,16-19H,4-5,10-12H2,1-3H3,(H,23,25). The van der Waals surface area contributed by atoms with Crippen LogP contribution in [-0.4, -0.2) is 35.3 Å². The number of nitrogens with one attached hydrogen (secondary N) is 1. The van der Waals surface area contributed by atoms with Crippen molar-refractivity contribution in [1.82, 2.24) is 10.2 Å². The highest BCUT2D eigenvalue weighted by molar-refractivity contribution is 6.30. The van der Waals surface area contributed by atoms with Crippen LogP contribution in [0.25, 0.3) is 0 Å². The molecule has 1 aromatic carbocycles. The quantitative estimate of drug-likeness (QED) is 0.816. The van der Waals surface area contributed by atoms with Gasteiger partial charge in [-0.1, -0.05) is 50.9 Å². The van der Waals surface area contributed by atoms with E-state index in [1.54, 1.807) is 0 Å². The SMILES string of the molecule is CCCC1CN(C(=O)C2CC2c2ccc(Cl)cc2)C(CC(C)C)C(=O)N1. The minimum atomic E-state index is -0.331. The molecule has 142 valence electrons. The summed E-state index contributed by atoms with van der Waals surface area (Å²) < 4.78 is 0. The van der Waals surface area contributed by atoms with E-state index in [1.807, 2.05) is 29.2 Å². The molecule has 4 atom stereocenters. The van der Waals surface area contributed by atoms with Crippen molar-refractivity contribution in [3.05, 3.63) is 34.9 Å². The Hall–Kier alpha value is -1.55. The molecule has 1 N–H and O–H groups in total. The minimum absolute atomic E-state index is 0.000913. The van der Waals surface area contributed by atoms with E-state index in [-0.39, 0.29) is 35.7 Å². The van der Waals surface area contributed by atoms with E-state index in [0.29, 0.717) is 17.5 Å². The number of piperazine rings is 1. The zero-order valence-electron chi connectivity index (χ0n) is 15.9. The minimum Gasteiger partial charge on any atom is -0.350 e. The monoisotopic (exact) mass is 376 g/mol. The molecule has 1 aliphatic heterocycles. The lowest BCUT2D eigenvalue weighted by atomic mass is 9.96. The van der Waals surface area contributed by atoms with Gasteiger partial charge in [-0.3, -0.25) is 9.59 Å². The molecule has 2 fully saturated rings. The van der Waals surface area contributed by atoms with Gasteiger partial charge in [-0.05, 0) is 48.8 Å². The lowest BCUT2D eigenvalue weighted by Gasteiger charge is -2.40. The Labute approximate surface area is 161 Å². The van der Waals surface area contributed by atoms with E-state index in [0.717, 1.165) is 25.7 Å². The van der Waals surface area contributed by atoms with Gasteiger partial charge in [0.25, 0.3) is 0 Å². The Bertz CT molecular complexity index is 658. The number of nitrogens with zero attached hydrogens (tertiary/aromatic N) is 1. The zero-order valence-corrected chi connectivity index (χ0v) is 16.6. The second kappa shape index (κ2) is 7.99. The molecule has 1 saturated carbocycles. The Morgan fingerprint density at radius 3 is 2.62 bits per heavy atom. The van der Waals surface area contributed by atoms with Crippen LogP contribution in [0.15, 0.2) is 24.3 Å². The van der Waals surface area contributed by atoms with Crippen LogP contribution in [0.5, 0.6) is 0 Å². The summed E-state index contributed by atoms with van der Waals surface area (Å²) >= 11 is 5.97. The van der Waals surface area contributed by atoms with Gasteiger partial charge in [0.15, 0.2) is 0 Å². The predicted octanol–water partition coefficient (Wildman–Crippen LogP) is 3.99. The van der Waals surface area contributed by atoms with E-state index in [1.165, 1.54) is 5.56 Å². The second-order valence-electron chi connectivity index (χ2n) is 8.13. The van der Waals surface area contributed by atoms with Gasteiger partial charge in [0.1, 0.15) is 6.04 Å². The van der Waals surface area contributed by atoms with Crippen molar-refractivity contribution < 1.29 is 9.59 Å². The smallest absolute Gasteiger partial charge is 0.243 e. The fourth-order valence-electron chi connectivity index (χ4n) is 4.04. The number of carbonyl (C=O) groups is 2. The topological polar surface area (TPSA) is 49.4 Å². The molecule has 0 aromatic heterocycles. The maximum Gasteiger partial charge on any atom is 0.243 e. The Morgan fingerprint density at radius 1 is 1.31 bits per heavy atom. The summed E-state index contributed by atoms with van der Waals surface area (Å²) in [6.07, 6.45) is 3.49. The highest BCUT2D eigenvalue weighted by Crippen LogP contribution is 2.49. The highest BCUT2D eigenvalue weighted by atomic mass is 35.5. The third kappa shape index (κ3) is 4.22. The molecule has 2 aliphatic rings. The molecular formula is C21H29ClN2O2. The van der Waals surface area contributed by atoms with Gasteiger partial charge < -0.3 is 10.2 Å². The molecule has 1 aromatic rings. The van der Waals surface area contributed by atoms with Crippen LogP contribution in [0, 0.1) is 11.8 Å². The fraction of sp³-hybridized carbons (Fsp3) is 0.619. The summed E-state index contributed by atoms with van der Waals surface area (Å²) in [4.78, 5) is 27.7. The van der Waals surface area contributed by atoms with Crippen LogP contribution in [0.4, 0.5) is 0 Å². The van der Waals surface area contributed by atoms with Crippen molar-refractivity contribution >= 4 is 23.4 Å². The van der Waals surface area contributed by atoms with E-state index in [2.05, 4.69) is 26.1 Å². The first-order valence-corrected chi connectivity index (χ1v) is 10.1. The molecule has 0 bridgehead atoms. The summed E-state index contributed by atoms with van der Waals surface area (Å²) in [5, 5.41) is 3.83. The second-order valence-corrected chi connectivity index (χ2v) is 8.57. The van der Waals surface area contributed by atoms with Gasteiger partial charge in [0, 0.05) is 23.5 Å². The van der Waals surface area contributed by atoms with Crippen LogP contribution < -0.4 is 5.32 Å².